The van der Waals surface area contributed by atoms with Gasteiger partial charge in [-0.1, -0.05) is 54.6 Å². The number of ketones is 1. The van der Waals surface area contributed by atoms with Crippen molar-refractivity contribution in [2.24, 2.45) is 5.92 Å². The van der Waals surface area contributed by atoms with E-state index in [9.17, 15) is 4.79 Å². The first-order valence-electron chi connectivity index (χ1n) is 9.89. The first-order valence-corrected chi connectivity index (χ1v) is 9.89. The van der Waals surface area contributed by atoms with E-state index in [0.717, 1.165) is 55.7 Å². The Morgan fingerprint density at radius 2 is 1.74 bits per heavy atom. The van der Waals surface area contributed by atoms with E-state index in [2.05, 4.69) is 52.4 Å². The van der Waals surface area contributed by atoms with Crippen LogP contribution in [0, 0.1) is 5.92 Å². The fraction of sp³-hybridized carbons (Fsp3) is 0.292. The largest absolute Gasteiger partial charge is 0.352 e. The third kappa shape index (κ3) is 3.13. The second-order valence-corrected chi connectivity index (χ2v) is 7.82. The number of H-pyrrole nitrogens is 1. The normalized spacial score (nSPS) is 19.9. The summed E-state index contributed by atoms with van der Waals surface area (Å²) in [6.45, 7) is 3.23. The van der Waals surface area contributed by atoms with Crippen LogP contribution in [0.3, 0.4) is 0 Å². The van der Waals surface area contributed by atoms with Gasteiger partial charge in [-0.05, 0) is 49.0 Å². The van der Waals surface area contributed by atoms with Crippen LogP contribution in [0.1, 0.15) is 34.5 Å². The molecule has 2 aliphatic rings. The highest BCUT2D eigenvalue weighted by Crippen LogP contribution is 2.34. The molecule has 1 aliphatic heterocycles. The number of rotatable bonds is 3. The average molecular weight is 356 g/mol. The van der Waals surface area contributed by atoms with Crippen LogP contribution in [-0.4, -0.2) is 28.8 Å². The fourth-order valence-corrected chi connectivity index (χ4v) is 4.55. The minimum Gasteiger partial charge on any atom is -0.352 e. The predicted octanol–water partition coefficient (Wildman–Crippen LogP) is 4.75. The molecule has 136 valence electrons. The smallest absolute Gasteiger partial charge is 0.205 e. The molecule has 3 aromatic rings. The van der Waals surface area contributed by atoms with Gasteiger partial charge in [-0.25, -0.2) is 0 Å². The van der Waals surface area contributed by atoms with E-state index >= 15 is 0 Å². The number of allylic oxidation sites excluding steroid dienone is 2. The maximum atomic E-state index is 12.8. The number of aromatic nitrogens is 1. The Hall–Kier alpha value is -2.65. The summed E-state index contributed by atoms with van der Waals surface area (Å²) in [5, 5.41) is 1.20. The lowest BCUT2D eigenvalue weighted by Crippen LogP contribution is -2.32. The molecule has 3 nitrogen and oxygen atoms in total. The molecule has 1 fully saturated rings. The first kappa shape index (κ1) is 16.5. The Bertz CT molecular complexity index is 1010. The molecule has 1 saturated heterocycles. The van der Waals surface area contributed by atoms with Crippen molar-refractivity contribution < 1.29 is 4.79 Å². The highest BCUT2D eigenvalue weighted by Gasteiger charge is 2.30. The zero-order valence-corrected chi connectivity index (χ0v) is 15.4. The third-order valence-electron chi connectivity index (χ3n) is 6.02. The van der Waals surface area contributed by atoms with Gasteiger partial charge in [0.15, 0.2) is 0 Å². The topological polar surface area (TPSA) is 36.1 Å². The van der Waals surface area contributed by atoms with Gasteiger partial charge in [-0.15, -0.1) is 0 Å². The molecular weight excluding hydrogens is 332 g/mol. The molecule has 1 aliphatic carbocycles. The molecule has 0 atom stereocenters. The molecule has 5 rings (SSSR count). The van der Waals surface area contributed by atoms with Crippen molar-refractivity contribution in [3.8, 4) is 0 Å². The summed E-state index contributed by atoms with van der Waals surface area (Å²) in [6, 6.07) is 18.9. The lowest BCUT2D eigenvalue weighted by Gasteiger charge is -2.30. The summed E-state index contributed by atoms with van der Waals surface area (Å²) < 4.78 is 0. The average Bonchev–Trinajstić information content (AvgIpc) is 3.21. The fourth-order valence-electron chi connectivity index (χ4n) is 4.55. The Kier molecular flexibility index (Phi) is 4.17. The number of benzene rings is 2. The Balaban J connectivity index is 1.26. The summed E-state index contributed by atoms with van der Waals surface area (Å²) in [4.78, 5) is 18.7. The number of likely N-dealkylation sites (tertiary alicyclic amines) is 1. The second kappa shape index (κ2) is 6.82. The van der Waals surface area contributed by atoms with Gasteiger partial charge in [0.25, 0.3) is 0 Å². The van der Waals surface area contributed by atoms with Crippen LogP contribution in [0.2, 0.25) is 0 Å². The standard InChI is InChI=1S/C24H24N2O/c27-24-19(15-21-20-8-4-5-9-22(20)25-23(21)24)14-17-10-12-26(13-11-17)16-18-6-2-1-3-7-18/h1-9,14,17,25H,10-13,15-16H2/b19-14+. The summed E-state index contributed by atoms with van der Waals surface area (Å²) in [7, 11) is 0. The van der Waals surface area contributed by atoms with Crippen LogP contribution in [-0.2, 0) is 13.0 Å². The molecule has 3 heteroatoms. The maximum absolute atomic E-state index is 12.8. The van der Waals surface area contributed by atoms with Gasteiger partial charge in [0.2, 0.25) is 5.78 Å². The lowest BCUT2D eigenvalue weighted by atomic mass is 9.93. The van der Waals surface area contributed by atoms with Crippen molar-refractivity contribution in [3.05, 3.63) is 83.1 Å². The Labute approximate surface area is 159 Å². The van der Waals surface area contributed by atoms with Crippen molar-refractivity contribution in [1.82, 2.24) is 9.88 Å². The zero-order chi connectivity index (χ0) is 18.2. The van der Waals surface area contributed by atoms with E-state index in [4.69, 9.17) is 0 Å². The van der Waals surface area contributed by atoms with E-state index in [1.54, 1.807) is 0 Å². The van der Waals surface area contributed by atoms with Crippen molar-refractivity contribution in [2.75, 3.05) is 13.1 Å². The minimum atomic E-state index is 0.202. The predicted molar refractivity (Wildman–Crippen MR) is 109 cm³/mol. The van der Waals surface area contributed by atoms with E-state index < -0.39 is 0 Å². The number of para-hydroxylation sites is 1. The molecule has 0 radical (unpaired) electrons. The number of carbonyl (C=O) groups is 1. The van der Waals surface area contributed by atoms with Crippen LogP contribution < -0.4 is 0 Å². The van der Waals surface area contributed by atoms with Crippen LogP contribution in [0.25, 0.3) is 10.9 Å². The number of hydrogen-bond donors (Lipinski definition) is 1. The summed E-state index contributed by atoms with van der Waals surface area (Å²) >= 11 is 0. The Morgan fingerprint density at radius 3 is 2.56 bits per heavy atom. The summed E-state index contributed by atoms with van der Waals surface area (Å²) in [5.41, 5.74) is 5.44. The van der Waals surface area contributed by atoms with Crippen molar-refractivity contribution in [3.63, 3.8) is 0 Å². The number of fused-ring (bicyclic) bond motifs is 3. The van der Waals surface area contributed by atoms with Gasteiger partial charge in [0.05, 0.1) is 5.69 Å². The molecule has 2 heterocycles. The highest BCUT2D eigenvalue weighted by atomic mass is 16.1. The molecule has 2 aromatic carbocycles. The molecule has 0 saturated carbocycles. The van der Waals surface area contributed by atoms with E-state index in [-0.39, 0.29) is 5.78 Å². The van der Waals surface area contributed by atoms with Crippen LogP contribution in [0.5, 0.6) is 0 Å². The van der Waals surface area contributed by atoms with Gasteiger partial charge in [0, 0.05) is 29.4 Å². The number of carbonyl (C=O) groups excluding carboxylic acids is 1. The van der Waals surface area contributed by atoms with Crippen LogP contribution in [0.4, 0.5) is 0 Å². The number of nitrogens with one attached hydrogen (secondary N) is 1. The SMILES string of the molecule is O=C1/C(=C/C2CCN(Cc3ccccc3)CC2)Cc2c1[nH]c1ccccc21. The van der Waals surface area contributed by atoms with Crippen molar-refractivity contribution in [1.29, 1.82) is 0 Å². The van der Waals surface area contributed by atoms with E-state index in [1.165, 1.54) is 16.5 Å². The van der Waals surface area contributed by atoms with Gasteiger partial charge in [-0.3, -0.25) is 9.69 Å². The molecule has 1 N–H and O–H groups in total. The van der Waals surface area contributed by atoms with Gasteiger partial charge in [0.1, 0.15) is 0 Å². The molecular formula is C24H24N2O. The number of piperidine rings is 1. The van der Waals surface area contributed by atoms with E-state index in [0.29, 0.717) is 5.92 Å². The molecule has 0 amide bonds. The number of hydrogen-bond acceptors (Lipinski definition) is 2. The quantitative estimate of drug-likeness (QED) is 0.688. The maximum Gasteiger partial charge on any atom is 0.205 e. The summed E-state index contributed by atoms with van der Waals surface area (Å²) in [5.74, 6) is 0.721. The third-order valence-corrected chi connectivity index (χ3v) is 6.02. The van der Waals surface area contributed by atoms with E-state index in [1.807, 2.05) is 18.2 Å². The van der Waals surface area contributed by atoms with Crippen molar-refractivity contribution in [2.45, 2.75) is 25.8 Å². The molecule has 27 heavy (non-hydrogen) atoms. The van der Waals surface area contributed by atoms with Crippen molar-refractivity contribution >= 4 is 16.7 Å². The molecule has 0 spiro atoms. The zero-order valence-electron chi connectivity index (χ0n) is 15.4. The number of Topliss-reactive ketones (excluding diaryl/α,β-unsaturated/α-hetero) is 1. The molecule has 0 bridgehead atoms. The first-order chi connectivity index (χ1) is 13.3. The van der Waals surface area contributed by atoms with Gasteiger partial charge in [-0.2, -0.15) is 0 Å². The monoisotopic (exact) mass is 356 g/mol. The lowest BCUT2D eigenvalue weighted by molar-refractivity contribution is 0.103. The highest BCUT2D eigenvalue weighted by molar-refractivity contribution is 6.15. The van der Waals surface area contributed by atoms with Crippen LogP contribution >= 0.6 is 0 Å². The number of aromatic amines is 1. The Morgan fingerprint density at radius 1 is 1.00 bits per heavy atom. The van der Waals surface area contributed by atoms with Gasteiger partial charge >= 0.3 is 0 Å². The van der Waals surface area contributed by atoms with Crippen LogP contribution in [0.15, 0.2) is 66.2 Å². The molecule has 0 unspecified atom stereocenters. The molecule has 1 aromatic heterocycles. The van der Waals surface area contributed by atoms with Gasteiger partial charge < -0.3 is 4.98 Å². The summed E-state index contributed by atoms with van der Waals surface area (Å²) in [6.07, 6.45) is 5.32. The minimum absolute atomic E-state index is 0.202. The number of nitrogens with zero attached hydrogens (tertiary/aromatic N) is 1. The second-order valence-electron chi connectivity index (χ2n) is 7.82.